The second kappa shape index (κ2) is 12.2. The van der Waals surface area contributed by atoms with Gasteiger partial charge in [0, 0.05) is 6.42 Å². The van der Waals surface area contributed by atoms with Crippen molar-refractivity contribution in [3.8, 4) is 0 Å². The van der Waals surface area contributed by atoms with Crippen LogP contribution in [0.15, 0.2) is 0 Å². The smallest absolute Gasteiger partial charge is 0.306 e. The van der Waals surface area contributed by atoms with Crippen molar-refractivity contribution in [2.45, 2.75) is 109 Å². The highest BCUT2D eigenvalue weighted by Crippen LogP contribution is 2.18. The van der Waals surface area contributed by atoms with E-state index in [1.807, 2.05) is 0 Å². The van der Waals surface area contributed by atoms with E-state index in [4.69, 9.17) is 4.74 Å². The highest BCUT2D eigenvalue weighted by atomic mass is 16.5. The van der Waals surface area contributed by atoms with Crippen molar-refractivity contribution in [3.63, 3.8) is 0 Å². The van der Waals surface area contributed by atoms with E-state index in [0.717, 1.165) is 19.3 Å². The minimum Gasteiger partial charge on any atom is -0.462 e. The predicted molar refractivity (Wildman–Crippen MR) is 84.8 cm³/mol. The quantitative estimate of drug-likeness (QED) is 0.482. The van der Waals surface area contributed by atoms with Crippen molar-refractivity contribution < 1.29 is 9.53 Å². The minimum absolute atomic E-state index is 0.0450. The Kier molecular flexibility index (Phi) is 10.7. The molecule has 0 radical (unpaired) electrons. The van der Waals surface area contributed by atoms with Crippen LogP contribution in [0.3, 0.4) is 0 Å². The summed E-state index contributed by atoms with van der Waals surface area (Å²) in [5.41, 5.74) is 0. The maximum atomic E-state index is 11.9. The Bertz CT molecular complexity index is 238. The van der Waals surface area contributed by atoms with Crippen LogP contribution in [0.25, 0.3) is 0 Å². The van der Waals surface area contributed by atoms with Gasteiger partial charge in [-0.1, -0.05) is 64.7 Å². The van der Waals surface area contributed by atoms with Crippen LogP contribution in [0.4, 0.5) is 0 Å². The number of carbonyl (C=O) groups is 1. The Hall–Kier alpha value is -0.530. The summed E-state index contributed by atoms with van der Waals surface area (Å²) in [4.78, 5) is 11.9. The van der Waals surface area contributed by atoms with Crippen molar-refractivity contribution in [3.05, 3.63) is 0 Å². The third-order valence-electron chi connectivity index (χ3n) is 4.33. The summed E-state index contributed by atoms with van der Waals surface area (Å²) in [6.07, 6.45) is 18.2. The first kappa shape index (κ1) is 17.5. The molecule has 2 nitrogen and oxygen atoms in total. The number of carbonyl (C=O) groups excluding carboxylic acids is 1. The van der Waals surface area contributed by atoms with Gasteiger partial charge in [-0.05, 0) is 32.1 Å². The number of cyclic esters (lactones) is 1. The van der Waals surface area contributed by atoms with Gasteiger partial charge in [-0.3, -0.25) is 4.79 Å². The summed E-state index contributed by atoms with van der Waals surface area (Å²) in [5, 5.41) is 0. The molecule has 0 amide bonds. The molecule has 118 valence electrons. The first-order valence-corrected chi connectivity index (χ1v) is 9.02. The standard InChI is InChI=1S/C18H34O2/c1-2-3-11-14-17-15-12-9-7-5-4-6-8-10-13-16-18(19)20-17/h17H,2-16H2,1H3. The van der Waals surface area contributed by atoms with E-state index in [2.05, 4.69) is 6.92 Å². The normalized spacial score (nSPS) is 23.9. The van der Waals surface area contributed by atoms with E-state index in [9.17, 15) is 4.79 Å². The van der Waals surface area contributed by atoms with Crippen LogP contribution < -0.4 is 0 Å². The van der Waals surface area contributed by atoms with E-state index in [1.54, 1.807) is 0 Å². The lowest BCUT2D eigenvalue weighted by atomic mass is 10.0. The van der Waals surface area contributed by atoms with Crippen LogP contribution in [-0.4, -0.2) is 12.1 Å². The van der Waals surface area contributed by atoms with Crippen LogP contribution in [-0.2, 0) is 9.53 Å². The molecular weight excluding hydrogens is 248 g/mol. The van der Waals surface area contributed by atoms with Gasteiger partial charge in [0.1, 0.15) is 6.10 Å². The van der Waals surface area contributed by atoms with Crippen LogP contribution in [0.2, 0.25) is 0 Å². The third kappa shape index (κ3) is 9.39. The van der Waals surface area contributed by atoms with Crippen molar-refractivity contribution in [1.82, 2.24) is 0 Å². The number of hydrogen-bond acceptors (Lipinski definition) is 2. The van der Waals surface area contributed by atoms with Crippen LogP contribution in [0.5, 0.6) is 0 Å². The number of esters is 1. The maximum absolute atomic E-state index is 11.9. The molecule has 0 spiro atoms. The average Bonchev–Trinajstić information content (AvgIpc) is 2.44. The molecule has 1 heterocycles. The molecule has 0 aromatic heterocycles. The molecule has 2 heteroatoms. The van der Waals surface area contributed by atoms with E-state index in [-0.39, 0.29) is 12.1 Å². The molecule has 0 aromatic rings. The van der Waals surface area contributed by atoms with Gasteiger partial charge in [0.05, 0.1) is 0 Å². The highest BCUT2D eigenvalue weighted by Gasteiger charge is 2.14. The zero-order valence-electron chi connectivity index (χ0n) is 13.5. The lowest BCUT2D eigenvalue weighted by Crippen LogP contribution is -2.18. The average molecular weight is 282 g/mol. The monoisotopic (exact) mass is 282 g/mol. The Labute approximate surface area is 125 Å². The second-order valence-electron chi connectivity index (χ2n) is 6.33. The van der Waals surface area contributed by atoms with E-state index in [1.165, 1.54) is 70.6 Å². The number of ether oxygens (including phenoxy) is 1. The van der Waals surface area contributed by atoms with Gasteiger partial charge < -0.3 is 4.74 Å². The number of rotatable bonds is 4. The molecule has 0 aromatic carbocycles. The number of unbranched alkanes of at least 4 members (excludes halogenated alkanes) is 2. The number of hydrogen-bond donors (Lipinski definition) is 0. The van der Waals surface area contributed by atoms with Crippen molar-refractivity contribution in [1.29, 1.82) is 0 Å². The molecule has 1 aliphatic heterocycles. The largest absolute Gasteiger partial charge is 0.462 e. The van der Waals surface area contributed by atoms with Gasteiger partial charge in [-0.2, -0.15) is 0 Å². The zero-order chi connectivity index (χ0) is 14.5. The summed E-state index contributed by atoms with van der Waals surface area (Å²) >= 11 is 0. The molecule has 0 saturated carbocycles. The van der Waals surface area contributed by atoms with E-state index in [0.29, 0.717) is 6.42 Å². The summed E-state index contributed by atoms with van der Waals surface area (Å²) in [6, 6.07) is 0. The molecule has 1 atom stereocenters. The molecule has 0 aliphatic carbocycles. The van der Waals surface area contributed by atoms with Gasteiger partial charge in [-0.25, -0.2) is 0 Å². The Balaban J connectivity index is 2.33. The van der Waals surface area contributed by atoms with Crippen molar-refractivity contribution >= 4 is 5.97 Å². The molecule has 1 rings (SSSR count). The SMILES string of the molecule is CCCCCC1CCCCCCCCCCCC(=O)O1. The zero-order valence-corrected chi connectivity index (χ0v) is 13.5. The summed E-state index contributed by atoms with van der Waals surface area (Å²) < 4.78 is 5.70. The molecule has 1 aliphatic rings. The minimum atomic E-state index is 0.0450. The molecular formula is C18H34O2. The van der Waals surface area contributed by atoms with Crippen molar-refractivity contribution in [2.75, 3.05) is 0 Å². The molecule has 1 unspecified atom stereocenters. The lowest BCUT2D eigenvalue weighted by Gasteiger charge is -2.18. The second-order valence-corrected chi connectivity index (χ2v) is 6.33. The van der Waals surface area contributed by atoms with Crippen LogP contribution >= 0.6 is 0 Å². The van der Waals surface area contributed by atoms with Gasteiger partial charge in [-0.15, -0.1) is 0 Å². The van der Waals surface area contributed by atoms with Crippen LogP contribution in [0, 0.1) is 0 Å². The van der Waals surface area contributed by atoms with E-state index >= 15 is 0 Å². The summed E-state index contributed by atoms with van der Waals surface area (Å²) in [6.45, 7) is 2.22. The van der Waals surface area contributed by atoms with Crippen LogP contribution in [0.1, 0.15) is 103 Å². The topological polar surface area (TPSA) is 26.3 Å². The first-order valence-electron chi connectivity index (χ1n) is 9.02. The predicted octanol–water partition coefficient (Wildman–Crippen LogP) is 5.78. The van der Waals surface area contributed by atoms with Gasteiger partial charge >= 0.3 is 5.97 Å². The van der Waals surface area contributed by atoms with Gasteiger partial charge in [0.15, 0.2) is 0 Å². The molecule has 1 saturated heterocycles. The fourth-order valence-electron chi connectivity index (χ4n) is 3.01. The Morgan fingerprint density at radius 1 is 0.900 bits per heavy atom. The highest BCUT2D eigenvalue weighted by molar-refractivity contribution is 5.69. The lowest BCUT2D eigenvalue weighted by molar-refractivity contribution is -0.150. The first-order chi connectivity index (χ1) is 9.83. The summed E-state index contributed by atoms with van der Waals surface area (Å²) in [7, 11) is 0. The Morgan fingerprint density at radius 3 is 2.15 bits per heavy atom. The molecule has 0 N–H and O–H groups in total. The maximum Gasteiger partial charge on any atom is 0.306 e. The fraction of sp³-hybridized carbons (Fsp3) is 0.944. The third-order valence-corrected chi connectivity index (χ3v) is 4.33. The van der Waals surface area contributed by atoms with Gasteiger partial charge in [0.2, 0.25) is 0 Å². The fourth-order valence-corrected chi connectivity index (χ4v) is 3.01. The van der Waals surface area contributed by atoms with Gasteiger partial charge in [0.25, 0.3) is 0 Å². The van der Waals surface area contributed by atoms with Crippen molar-refractivity contribution in [2.24, 2.45) is 0 Å². The Morgan fingerprint density at radius 2 is 1.50 bits per heavy atom. The molecule has 0 bridgehead atoms. The molecule has 1 fully saturated rings. The summed E-state index contributed by atoms with van der Waals surface area (Å²) in [5.74, 6) is 0.0450. The molecule has 20 heavy (non-hydrogen) atoms. The van der Waals surface area contributed by atoms with E-state index < -0.39 is 0 Å².